The molecular weight excluding hydrogens is 544 g/mol. The van der Waals surface area contributed by atoms with Gasteiger partial charge < -0.3 is 19.9 Å². The minimum Gasteiger partial charge on any atom is -0.492 e. The normalized spacial score (nSPS) is 27.3. The number of carbonyl (C=O) groups is 1. The van der Waals surface area contributed by atoms with E-state index in [9.17, 15) is 18.3 Å². The number of aliphatic hydroxyl groups is 1. The number of benzene rings is 1. The van der Waals surface area contributed by atoms with Gasteiger partial charge in [0.15, 0.2) is 0 Å². The Bertz CT molecular complexity index is 1370. The summed E-state index contributed by atoms with van der Waals surface area (Å²) in [6, 6.07) is 8.37. The van der Waals surface area contributed by atoms with Crippen LogP contribution in [0.1, 0.15) is 61.3 Å². The predicted molar refractivity (Wildman–Crippen MR) is 152 cm³/mol. The zero-order valence-corrected chi connectivity index (χ0v) is 24.4. The van der Waals surface area contributed by atoms with Crippen molar-refractivity contribution in [1.29, 1.82) is 0 Å². The van der Waals surface area contributed by atoms with E-state index in [2.05, 4.69) is 28.2 Å². The van der Waals surface area contributed by atoms with Gasteiger partial charge >= 0.3 is 0 Å². The van der Waals surface area contributed by atoms with Crippen molar-refractivity contribution in [2.75, 3.05) is 39.5 Å². The van der Waals surface area contributed by atoms with Crippen LogP contribution in [-0.2, 0) is 26.1 Å². The molecule has 1 aromatic carbocycles. The van der Waals surface area contributed by atoms with Gasteiger partial charge in [-0.3, -0.25) is 14.7 Å². The maximum Gasteiger partial charge on any atom is 0.247 e. The molecule has 3 saturated heterocycles. The number of nitrogens with zero attached hydrogens (tertiary/aromatic N) is 3. The number of fused-ring (bicyclic) bond motifs is 2. The summed E-state index contributed by atoms with van der Waals surface area (Å²) in [6.45, 7) is 5.89. The van der Waals surface area contributed by atoms with Crippen molar-refractivity contribution in [3.05, 3.63) is 53.3 Å². The predicted octanol–water partition coefficient (Wildman–Crippen LogP) is 2.34. The maximum atomic E-state index is 13.9. The number of likely N-dealkylation sites (tertiary alicyclic amines) is 1. The molecular formula is C30H40N4O6S. The third kappa shape index (κ3) is 5.87. The largest absolute Gasteiger partial charge is 0.492 e. The zero-order valence-electron chi connectivity index (χ0n) is 23.6. The highest BCUT2D eigenvalue weighted by Crippen LogP contribution is 2.38. The van der Waals surface area contributed by atoms with Crippen LogP contribution in [-0.4, -0.2) is 90.8 Å². The van der Waals surface area contributed by atoms with E-state index in [-0.39, 0.29) is 36.3 Å². The first kappa shape index (κ1) is 28.5. The van der Waals surface area contributed by atoms with Gasteiger partial charge in [-0.05, 0) is 67.9 Å². The Labute approximate surface area is 242 Å². The van der Waals surface area contributed by atoms with Gasteiger partial charge in [-0.2, -0.15) is 4.31 Å². The third-order valence-corrected chi connectivity index (χ3v) is 11.2. The second kappa shape index (κ2) is 11.6. The lowest BCUT2D eigenvalue weighted by molar-refractivity contribution is -0.127. The fourth-order valence-electron chi connectivity index (χ4n) is 6.72. The van der Waals surface area contributed by atoms with Gasteiger partial charge in [0.1, 0.15) is 16.7 Å². The number of amides is 1. The summed E-state index contributed by atoms with van der Waals surface area (Å²) in [5.41, 5.74) is 2.72. The van der Waals surface area contributed by atoms with Crippen LogP contribution in [0.25, 0.3) is 0 Å². The van der Waals surface area contributed by atoms with Gasteiger partial charge in [0.25, 0.3) is 0 Å². The first-order valence-electron chi connectivity index (χ1n) is 14.7. The molecule has 2 N–H and O–H groups in total. The highest BCUT2D eigenvalue weighted by atomic mass is 32.2. The minimum absolute atomic E-state index is 0.0525. The molecule has 222 valence electrons. The van der Waals surface area contributed by atoms with E-state index in [4.69, 9.17) is 9.47 Å². The van der Waals surface area contributed by atoms with Crippen LogP contribution in [0.4, 0.5) is 0 Å². The SMILES string of the molecule is Cc1cccnc1CN1CCC2(CCOc3cc(C4CCOCC4)ccc3S(=O)(=O)N3C[C@H](O)C[C@H]3C(=O)N2)CC1. The highest BCUT2D eigenvalue weighted by molar-refractivity contribution is 7.89. The number of sulfonamides is 1. The number of aliphatic hydroxyl groups excluding tert-OH is 1. The van der Waals surface area contributed by atoms with Gasteiger partial charge in [0.2, 0.25) is 15.9 Å². The molecule has 3 fully saturated rings. The Morgan fingerprint density at radius 3 is 2.66 bits per heavy atom. The molecule has 4 aliphatic heterocycles. The van der Waals surface area contributed by atoms with Crippen LogP contribution >= 0.6 is 0 Å². The fraction of sp³-hybridized carbons (Fsp3) is 0.600. The quantitative estimate of drug-likeness (QED) is 0.564. The summed E-state index contributed by atoms with van der Waals surface area (Å²) in [7, 11) is -4.09. The van der Waals surface area contributed by atoms with Crippen molar-refractivity contribution >= 4 is 15.9 Å². The average molecular weight is 585 g/mol. The van der Waals surface area contributed by atoms with Crippen LogP contribution in [0, 0.1) is 6.92 Å². The molecule has 5 heterocycles. The first-order valence-corrected chi connectivity index (χ1v) is 16.2. The Kier molecular flexibility index (Phi) is 8.08. The first-order chi connectivity index (χ1) is 19.7. The number of aryl methyl sites for hydroxylation is 1. The number of hydrogen-bond donors (Lipinski definition) is 2. The van der Waals surface area contributed by atoms with Crippen molar-refractivity contribution < 1.29 is 27.8 Å². The summed E-state index contributed by atoms with van der Waals surface area (Å²) in [5, 5.41) is 13.8. The topological polar surface area (TPSA) is 121 Å². The summed E-state index contributed by atoms with van der Waals surface area (Å²) in [5.74, 6) is 0.254. The lowest BCUT2D eigenvalue weighted by Gasteiger charge is -2.43. The van der Waals surface area contributed by atoms with Gasteiger partial charge in [0, 0.05) is 64.0 Å². The lowest BCUT2D eigenvalue weighted by atomic mass is 9.84. The molecule has 41 heavy (non-hydrogen) atoms. The standard InChI is InChI=1S/C30H40N4O6S/c1-21-3-2-11-31-25(21)20-33-12-8-30(9-13-33)10-16-40-27-17-23(22-6-14-39-15-7-22)4-5-28(27)41(37,38)34-19-24(35)18-26(34)29(36)32-30/h2-5,11,17,22,24,26,35H,6-10,12-16,18-20H2,1H3,(H,32,36)/t24-,26+/m1/s1. The summed E-state index contributed by atoms with van der Waals surface area (Å²) < 4.78 is 40.9. The van der Waals surface area contributed by atoms with Crippen molar-refractivity contribution in [2.24, 2.45) is 0 Å². The third-order valence-electron chi connectivity index (χ3n) is 9.31. The van der Waals surface area contributed by atoms with E-state index in [1.54, 1.807) is 6.07 Å². The van der Waals surface area contributed by atoms with Crippen LogP contribution in [0.15, 0.2) is 41.4 Å². The molecule has 0 aliphatic carbocycles. The molecule has 0 saturated carbocycles. The lowest BCUT2D eigenvalue weighted by Crippen LogP contribution is -2.59. The van der Waals surface area contributed by atoms with Gasteiger partial charge in [-0.25, -0.2) is 8.42 Å². The molecule has 6 rings (SSSR count). The van der Waals surface area contributed by atoms with E-state index >= 15 is 0 Å². The van der Waals surface area contributed by atoms with E-state index in [0.717, 1.165) is 49.3 Å². The molecule has 1 amide bonds. The number of carbonyl (C=O) groups excluding carboxylic acids is 1. The summed E-state index contributed by atoms with van der Waals surface area (Å²) >= 11 is 0. The Balaban J connectivity index is 1.28. The summed E-state index contributed by atoms with van der Waals surface area (Å²) in [6.07, 6.45) is 4.72. The second-order valence-electron chi connectivity index (χ2n) is 12.0. The van der Waals surface area contributed by atoms with Crippen LogP contribution in [0.3, 0.4) is 0 Å². The molecule has 1 aromatic heterocycles. The number of ether oxygens (including phenoxy) is 2. The smallest absolute Gasteiger partial charge is 0.247 e. The maximum absolute atomic E-state index is 13.9. The van der Waals surface area contributed by atoms with E-state index in [1.165, 1.54) is 4.31 Å². The number of aromatic nitrogens is 1. The molecule has 0 unspecified atom stereocenters. The van der Waals surface area contributed by atoms with Crippen molar-refractivity contribution in [1.82, 2.24) is 19.5 Å². The Morgan fingerprint density at radius 1 is 1.12 bits per heavy atom. The summed E-state index contributed by atoms with van der Waals surface area (Å²) in [4.78, 5) is 20.7. The molecule has 2 aromatic rings. The molecule has 11 heteroatoms. The monoisotopic (exact) mass is 584 g/mol. The van der Waals surface area contributed by atoms with Crippen molar-refractivity contribution in [2.45, 2.75) is 80.5 Å². The van der Waals surface area contributed by atoms with E-state index in [1.807, 2.05) is 24.4 Å². The molecule has 10 nitrogen and oxygen atoms in total. The van der Waals surface area contributed by atoms with E-state index in [0.29, 0.717) is 38.2 Å². The van der Waals surface area contributed by atoms with Crippen LogP contribution < -0.4 is 10.1 Å². The number of hydrogen-bond acceptors (Lipinski definition) is 8. The van der Waals surface area contributed by atoms with Gasteiger partial charge in [-0.15, -0.1) is 0 Å². The number of pyridine rings is 1. The van der Waals surface area contributed by atoms with Crippen molar-refractivity contribution in [3.8, 4) is 5.75 Å². The van der Waals surface area contributed by atoms with Gasteiger partial charge in [-0.1, -0.05) is 12.1 Å². The zero-order chi connectivity index (χ0) is 28.6. The molecule has 0 bridgehead atoms. The molecule has 1 spiro atoms. The van der Waals surface area contributed by atoms with Gasteiger partial charge in [0.05, 0.1) is 18.4 Å². The van der Waals surface area contributed by atoms with Crippen LogP contribution in [0.5, 0.6) is 5.75 Å². The van der Waals surface area contributed by atoms with Crippen LogP contribution in [0.2, 0.25) is 0 Å². The average Bonchev–Trinajstić information content (AvgIpc) is 3.38. The highest BCUT2D eigenvalue weighted by Gasteiger charge is 2.47. The molecule has 0 radical (unpaired) electrons. The number of rotatable bonds is 3. The Morgan fingerprint density at radius 2 is 1.90 bits per heavy atom. The molecule has 4 aliphatic rings. The second-order valence-corrected chi connectivity index (χ2v) is 13.8. The fourth-order valence-corrected chi connectivity index (χ4v) is 8.47. The Hall–Kier alpha value is -2.57. The number of nitrogens with one attached hydrogen (secondary N) is 1. The van der Waals surface area contributed by atoms with E-state index < -0.39 is 27.7 Å². The van der Waals surface area contributed by atoms with Crippen molar-refractivity contribution in [3.63, 3.8) is 0 Å². The molecule has 2 atom stereocenters. The number of piperidine rings is 1. The minimum atomic E-state index is -4.09.